The van der Waals surface area contributed by atoms with Crippen LogP contribution in [-0.2, 0) is 24.0 Å². The number of aliphatic carboxylic acids is 1. The second-order valence-corrected chi connectivity index (χ2v) is 5.36. The molecule has 13 nitrogen and oxygen atoms in total. The van der Waals surface area contributed by atoms with Crippen LogP contribution in [0.15, 0.2) is 0 Å². The molecule has 0 rings (SSSR count). The van der Waals surface area contributed by atoms with Gasteiger partial charge in [-0.3, -0.25) is 19.2 Å². The Morgan fingerprint density at radius 1 is 1.08 bits per heavy atom. The summed E-state index contributed by atoms with van der Waals surface area (Å²) in [6.45, 7) is -0.234. The molecule has 0 aliphatic carbocycles. The van der Waals surface area contributed by atoms with Gasteiger partial charge >= 0.3 is 5.97 Å². The maximum Gasteiger partial charge on any atom is 0.328 e. The number of hydrogen-bond donors (Lipinski definition) is 8. The molecule has 0 saturated carbocycles. The first-order chi connectivity index (χ1) is 12.0. The van der Waals surface area contributed by atoms with Gasteiger partial charge in [0.15, 0.2) is 6.04 Å². The molecule has 4 unspecified atom stereocenters. The first kappa shape index (κ1) is 23.2. The van der Waals surface area contributed by atoms with Gasteiger partial charge in [-0.1, -0.05) is 0 Å². The first-order valence-electron chi connectivity index (χ1n) is 7.42. The number of carbonyl (C=O) groups excluding carboxylic acids is 4. The predicted molar refractivity (Wildman–Crippen MR) is 85.1 cm³/mol. The zero-order valence-corrected chi connectivity index (χ0v) is 14.0. The highest BCUT2D eigenvalue weighted by Crippen LogP contribution is 1.95. The number of carboxylic acids is 1. The van der Waals surface area contributed by atoms with Crippen LogP contribution in [0, 0.1) is 0 Å². The largest absolute Gasteiger partial charge is 0.480 e. The maximum absolute atomic E-state index is 12.0. The Bertz CT molecular complexity index is 553. The van der Waals surface area contributed by atoms with Gasteiger partial charge < -0.3 is 42.7 Å². The average molecular weight is 377 g/mol. The van der Waals surface area contributed by atoms with E-state index >= 15 is 0 Å². The fourth-order valence-corrected chi connectivity index (χ4v) is 1.68. The summed E-state index contributed by atoms with van der Waals surface area (Å²) in [5.41, 5.74) is 10.3. The lowest BCUT2D eigenvalue weighted by atomic mass is 10.1. The van der Waals surface area contributed by atoms with Crippen molar-refractivity contribution in [3.05, 3.63) is 0 Å². The molecule has 148 valence electrons. The van der Waals surface area contributed by atoms with Gasteiger partial charge in [0.05, 0.1) is 25.7 Å². The number of nitrogens with one attached hydrogen (secondary N) is 3. The second-order valence-electron chi connectivity index (χ2n) is 5.36. The lowest BCUT2D eigenvalue weighted by molar-refractivity contribution is -0.144. The lowest BCUT2D eigenvalue weighted by Crippen LogP contribution is -2.55. The van der Waals surface area contributed by atoms with E-state index in [0.29, 0.717) is 0 Å². The molecule has 0 aromatic carbocycles. The summed E-state index contributed by atoms with van der Waals surface area (Å²) in [4.78, 5) is 57.1. The number of primary amides is 1. The molecular formula is C13H23N5O8. The summed E-state index contributed by atoms with van der Waals surface area (Å²) in [6, 6.07) is -4.36. The van der Waals surface area contributed by atoms with Crippen LogP contribution in [0.5, 0.6) is 0 Å². The Hall–Kier alpha value is -2.77. The fraction of sp³-hybridized carbons (Fsp3) is 0.615. The molecule has 0 heterocycles. The summed E-state index contributed by atoms with van der Waals surface area (Å²) < 4.78 is 0. The Morgan fingerprint density at radius 2 is 1.65 bits per heavy atom. The van der Waals surface area contributed by atoms with Crippen molar-refractivity contribution in [1.29, 1.82) is 0 Å². The average Bonchev–Trinajstić information content (AvgIpc) is 2.54. The maximum atomic E-state index is 12.0. The molecule has 0 spiro atoms. The molecule has 0 fully saturated rings. The fourth-order valence-electron chi connectivity index (χ4n) is 1.68. The number of aliphatic hydroxyl groups is 2. The predicted octanol–water partition coefficient (Wildman–Crippen LogP) is -5.27. The van der Waals surface area contributed by atoms with Crippen molar-refractivity contribution < 1.29 is 39.3 Å². The van der Waals surface area contributed by atoms with E-state index in [9.17, 15) is 29.1 Å². The number of amides is 4. The molecule has 4 atom stereocenters. The van der Waals surface area contributed by atoms with Crippen LogP contribution in [0.3, 0.4) is 0 Å². The second kappa shape index (κ2) is 11.0. The molecule has 0 radical (unpaired) electrons. The third-order valence-corrected chi connectivity index (χ3v) is 3.06. The number of hydrogen-bond acceptors (Lipinski definition) is 8. The smallest absolute Gasteiger partial charge is 0.328 e. The van der Waals surface area contributed by atoms with Gasteiger partial charge in [0.2, 0.25) is 23.6 Å². The van der Waals surface area contributed by atoms with Crippen molar-refractivity contribution in [2.45, 2.75) is 37.6 Å². The highest BCUT2D eigenvalue weighted by atomic mass is 16.4. The van der Waals surface area contributed by atoms with E-state index in [1.54, 1.807) is 0 Å². The van der Waals surface area contributed by atoms with E-state index in [2.05, 4.69) is 10.6 Å². The van der Waals surface area contributed by atoms with E-state index in [4.69, 9.17) is 21.7 Å². The number of aliphatic hydroxyl groups excluding tert-OH is 2. The van der Waals surface area contributed by atoms with Crippen molar-refractivity contribution in [1.82, 2.24) is 16.0 Å². The minimum atomic E-state index is -1.58. The summed E-state index contributed by atoms with van der Waals surface area (Å²) in [6.07, 6.45) is -1.98. The third kappa shape index (κ3) is 8.36. The minimum absolute atomic E-state index is 0.594. The van der Waals surface area contributed by atoms with Crippen molar-refractivity contribution >= 4 is 29.6 Å². The standard InChI is InChI=1S/C13H23N5O8/c1-5(20)10(13(25)26)18-9(22)3-16-12(24)7(2-8(15)21)17-11(23)6(14)4-19/h5-7,10,19-20H,2-4,14H2,1H3,(H2,15,21)(H,16,24)(H,17,23)(H,18,22)(H,25,26). The van der Waals surface area contributed by atoms with Gasteiger partial charge in [-0.25, -0.2) is 4.79 Å². The molecule has 0 aromatic heterocycles. The van der Waals surface area contributed by atoms with Crippen LogP contribution in [0.25, 0.3) is 0 Å². The molecule has 0 aliphatic heterocycles. The zero-order chi connectivity index (χ0) is 20.4. The quantitative estimate of drug-likeness (QED) is 0.171. The SMILES string of the molecule is CC(O)C(NC(=O)CNC(=O)C(CC(N)=O)NC(=O)C(N)CO)C(=O)O. The van der Waals surface area contributed by atoms with E-state index in [-0.39, 0.29) is 0 Å². The summed E-state index contributed by atoms with van der Waals surface area (Å²) >= 11 is 0. The van der Waals surface area contributed by atoms with Crippen molar-refractivity contribution in [3.63, 3.8) is 0 Å². The van der Waals surface area contributed by atoms with Gasteiger partial charge in [-0.2, -0.15) is 0 Å². The Kier molecular flexibility index (Phi) is 9.80. The summed E-state index contributed by atoms with van der Waals surface area (Å²) in [5.74, 6) is -5.20. The Balaban J connectivity index is 4.78. The molecule has 4 amide bonds. The van der Waals surface area contributed by atoms with Crippen LogP contribution >= 0.6 is 0 Å². The van der Waals surface area contributed by atoms with Gasteiger partial charge in [-0.15, -0.1) is 0 Å². The molecule has 26 heavy (non-hydrogen) atoms. The summed E-state index contributed by atoms with van der Waals surface area (Å²) in [5, 5.41) is 33.0. The molecule has 0 aliphatic rings. The first-order valence-corrected chi connectivity index (χ1v) is 7.42. The Labute approximate surface area is 148 Å². The normalized spacial score (nSPS) is 15.1. The minimum Gasteiger partial charge on any atom is -0.480 e. The van der Waals surface area contributed by atoms with Crippen LogP contribution in [0.1, 0.15) is 13.3 Å². The monoisotopic (exact) mass is 377 g/mol. The van der Waals surface area contributed by atoms with E-state index < -0.39 is 73.4 Å². The zero-order valence-electron chi connectivity index (χ0n) is 14.0. The van der Waals surface area contributed by atoms with Crippen molar-refractivity contribution in [3.8, 4) is 0 Å². The lowest BCUT2D eigenvalue weighted by Gasteiger charge is -2.20. The number of carboxylic acid groups (broad SMARTS) is 1. The third-order valence-electron chi connectivity index (χ3n) is 3.06. The Morgan fingerprint density at radius 3 is 2.08 bits per heavy atom. The molecule has 0 bridgehead atoms. The topological polar surface area (TPSA) is 234 Å². The van der Waals surface area contributed by atoms with Crippen LogP contribution in [0.2, 0.25) is 0 Å². The number of rotatable bonds is 11. The molecule has 0 aromatic rings. The van der Waals surface area contributed by atoms with Crippen LogP contribution in [0.4, 0.5) is 0 Å². The molecular weight excluding hydrogens is 354 g/mol. The number of carbonyl (C=O) groups is 5. The van der Waals surface area contributed by atoms with Crippen molar-refractivity contribution in [2.24, 2.45) is 11.5 Å². The van der Waals surface area contributed by atoms with E-state index in [1.165, 1.54) is 0 Å². The summed E-state index contributed by atoms with van der Waals surface area (Å²) in [7, 11) is 0. The molecule has 10 N–H and O–H groups in total. The van der Waals surface area contributed by atoms with Crippen molar-refractivity contribution in [2.75, 3.05) is 13.2 Å². The van der Waals surface area contributed by atoms with Gasteiger partial charge in [0, 0.05) is 0 Å². The molecule has 0 saturated heterocycles. The van der Waals surface area contributed by atoms with E-state index in [0.717, 1.165) is 6.92 Å². The highest BCUT2D eigenvalue weighted by Gasteiger charge is 2.27. The van der Waals surface area contributed by atoms with Crippen LogP contribution in [-0.4, -0.2) is 82.3 Å². The van der Waals surface area contributed by atoms with Gasteiger partial charge in [0.1, 0.15) is 12.1 Å². The number of nitrogens with two attached hydrogens (primary N) is 2. The molecule has 13 heteroatoms. The van der Waals surface area contributed by atoms with Gasteiger partial charge in [-0.05, 0) is 6.92 Å². The van der Waals surface area contributed by atoms with Gasteiger partial charge in [0.25, 0.3) is 0 Å². The van der Waals surface area contributed by atoms with Crippen LogP contribution < -0.4 is 27.4 Å². The van der Waals surface area contributed by atoms with E-state index in [1.807, 2.05) is 5.32 Å². The highest BCUT2D eigenvalue weighted by molar-refractivity contribution is 5.95.